The van der Waals surface area contributed by atoms with Gasteiger partial charge in [0.2, 0.25) is 11.9 Å². The number of piperidine rings is 1. The Kier molecular flexibility index (Phi) is 5.14. The molecule has 5 rings (SSSR count). The quantitative estimate of drug-likeness (QED) is 0.602. The normalized spacial score (nSPS) is 15.8. The number of H-pyrrole nitrogens is 1. The second kappa shape index (κ2) is 8.26. The van der Waals surface area contributed by atoms with Crippen molar-refractivity contribution >= 4 is 29.6 Å². The van der Waals surface area contributed by atoms with Gasteiger partial charge in [-0.2, -0.15) is 4.98 Å². The third-order valence-electron chi connectivity index (χ3n) is 5.75. The molecule has 3 amide bonds. The van der Waals surface area contributed by atoms with Crippen LogP contribution in [0, 0.1) is 0 Å². The van der Waals surface area contributed by atoms with E-state index in [0.29, 0.717) is 28.2 Å². The van der Waals surface area contributed by atoms with Crippen LogP contribution in [0.3, 0.4) is 0 Å². The predicted molar refractivity (Wildman–Crippen MR) is 117 cm³/mol. The minimum atomic E-state index is -0.351. The van der Waals surface area contributed by atoms with Crippen LogP contribution < -0.4 is 10.2 Å². The molecule has 9 heteroatoms. The summed E-state index contributed by atoms with van der Waals surface area (Å²) in [7, 11) is 0. The van der Waals surface area contributed by atoms with Gasteiger partial charge in [0.25, 0.3) is 17.7 Å². The zero-order chi connectivity index (χ0) is 22.1. The van der Waals surface area contributed by atoms with E-state index in [1.807, 2.05) is 0 Å². The van der Waals surface area contributed by atoms with E-state index in [9.17, 15) is 14.4 Å². The molecule has 0 spiro atoms. The van der Waals surface area contributed by atoms with Crippen LogP contribution in [0.15, 0.2) is 48.5 Å². The van der Waals surface area contributed by atoms with E-state index in [2.05, 4.69) is 25.4 Å². The number of fused-ring (bicyclic) bond motifs is 1. The first kappa shape index (κ1) is 19.9. The Bertz CT molecular complexity index is 1160. The lowest BCUT2D eigenvalue weighted by Crippen LogP contribution is -2.30. The Balaban J connectivity index is 1.27. The highest BCUT2D eigenvalue weighted by Gasteiger charge is 2.35. The number of hydrogen-bond donors (Lipinski definition) is 2. The Morgan fingerprint density at radius 1 is 0.969 bits per heavy atom. The highest BCUT2D eigenvalue weighted by Crippen LogP contribution is 2.24. The largest absolute Gasteiger partial charge is 0.340 e. The first-order valence-electron chi connectivity index (χ1n) is 10.6. The average molecular weight is 430 g/mol. The van der Waals surface area contributed by atoms with Crippen molar-refractivity contribution in [2.24, 2.45) is 0 Å². The Labute approximate surface area is 184 Å². The molecule has 1 saturated heterocycles. The molecule has 0 atom stereocenters. The molecular weight excluding hydrogens is 408 g/mol. The molecule has 0 bridgehead atoms. The van der Waals surface area contributed by atoms with Gasteiger partial charge in [-0.25, -0.2) is 5.10 Å². The van der Waals surface area contributed by atoms with Crippen LogP contribution in [0.25, 0.3) is 0 Å². The SMILES string of the molecule is O=C(Nc1nc(N2CCCCC2)n[nH]1)c1cccc(CN2C(=O)c3ccccc3C2=O)c1. The summed E-state index contributed by atoms with van der Waals surface area (Å²) in [4.78, 5) is 45.6. The van der Waals surface area contributed by atoms with E-state index >= 15 is 0 Å². The smallest absolute Gasteiger partial charge is 0.261 e. The Morgan fingerprint density at radius 3 is 2.41 bits per heavy atom. The van der Waals surface area contributed by atoms with E-state index in [0.717, 1.165) is 25.9 Å². The maximum Gasteiger partial charge on any atom is 0.261 e. The summed E-state index contributed by atoms with van der Waals surface area (Å²) in [6.45, 7) is 1.91. The van der Waals surface area contributed by atoms with Crippen LogP contribution in [0.2, 0.25) is 0 Å². The molecule has 2 N–H and O–H groups in total. The summed E-state index contributed by atoms with van der Waals surface area (Å²) in [6.07, 6.45) is 3.42. The molecule has 3 heterocycles. The van der Waals surface area contributed by atoms with E-state index in [1.54, 1.807) is 48.5 Å². The Morgan fingerprint density at radius 2 is 1.69 bits per heavy atom. The first-order valence-corrected chi connectivity index (χ1v) is 10.6. The van der Waals surface area contributed by atoms with Gasteiger partial charge in [-0.1, -0.05) is 24.3 Å². The zero-order valence-corrected chi connectivity index (χ0v) is 17.4. The number of amides is 3. The number of aromatic nitrogens is 3. The highest BCUT2D eigenvalue weighted by molar-refractivity contribution is 6.21. The predicted octanol–water partition coefficient (Wildman–Crippen LogP) is 2.84. The number of nitrogens with one attached hydrogen (secondary N) is 2. The van der Waals surface area contributed by atoms with E-state index in [4.69, 9.17) is 0 Å². The fourth-order valence-corrected chi connectivity index (χ4v) is 4.10. The van der Waals surface area contributed by atoms with Crippen molar-refractivity contribution in [3.63, 3.8) is 0 Å². The molecule has 0 unspecified atom stereocenters. The van der Waals surface area contributed by atoms with Gasteiger partial charge in [-0.3, -0.25) is 24.6 Å². The third kappa shape index (κ3) is 3.73. The number of nitrogens with zero attached hydrogens (tertiary/aromatic N) is 4. The van der Waals surface area contributed by atoms with Gasteiger partial charge in [-0.05, 0) is 49.1 Å². The molecule has 0 aliphatic carbocycles. The molecule has 0 saturated carbocycles. The van der Waals surface area contributed by atoms with Crippen molar-refractivity contribution < 1.29 is 14.4 Å². The van der Waals surface area contributed by atoms with Crippen LogP contribution in [0.5, 0.6) is 0 Å². The van der Waals surface area contributed by atoms with E-state index < -0.39 is 0 Å². The molecule has 3 aromatic rings. The van der Waals surface area contributed by atoms with E-state index in [1.165, 1.54) is 11.3 Å². The second-order valence-corrected chi connectivity index (χ2v) is 7.93. The average Bonchev–Trinajstić information content (AvgIpc) is 3.39. The summed E-state index contributed by atoms with van der Waals surface area (Å²) < 4.78 is 0. The minimum absolute atomic E-state index is 0.0921. The highest BCUT2D eigenvalue weighted by atomic mass is 16.2. The number of aromatic amines is 1. The number of anilines is 2. The molecular formula is C23H22N6O3. The number of carbonyl (C=O) groups is 3. The van der Waals surface area contributed by atoms with Gasteiger partial charge < -0.3 is 4.90 Å². The van der Waals surface area contributed by atoms with Crippen LogP contribution in [-0.2, 0) is 6.54 Å². The number of rotatable bonds is 5. The van der Waals surface area contributed by atoms with Crippen LogP contribution >= 0.6 is 0 Å². The maximum absolute atomic E-state index is 12.7. The third-order valence-corrected chi connectivity index (χ3v) is 5.75. The van der Waals surface area contributed by atoms with Gasteiger partial charge in [0, 0.05) is 18.7 Å². The van der Waals surface area contributed by atoms with Crippen molar-refractivity contribution in [2.75, 3.05) is 23.3 Å². The lowest BCUT2D eigenvalue weighted by molar-refractivity contribution is 0.0642. The van der Waals surface area contributed by atoms with Gasteiger partial charge in [0.1, 0.15) is 0 Å². The maximum atomic E-state index is 12.7. The summed E-state index contributed by atoms with van der Waals surface area (Å²) in [5.74, 6) is -0.143. The van der Waals surface area contributed by atoms with Crippen molar-refractivity contribution in [3.05, 3.63) is 70.8 Å². The molecule has 2 aliphatic rings. The summed E-state index contributed by atoms with van der Waals surface area (Å²) >= 11 is 0. The van der Waals surface area contributed by atoms with Crippen molar-refractivity contribution in [3.8, 4) is 0 Å². The van der Waals surface area contributed by atoms with Crippen molar-refractivity contribution in [1.82, 2.24) is 20.1 Å². The number of carbonyl (C=O) groups excluding carboxylic acids is 3. The van der Waals surface area contributed by atoms with Gasteiger partial charge in [0.05, 0.1) is 17.7 Å². The summed E-state index contributed by atoms with van der Waals surface area (Å²) in [5.41, 5.74) is 1.89. The molecule has 9 nitrogen and oxygen atoms in total. The molecule has 1 fully saturated rings. The first-order chi connectivity index (χ1) is 15.6. The second-order valence-electron chi connectivity index (χ2n) is 7.93. The lowest BCUT2D eigenvalue weighted by Gasteiger charge is -2.24. The van der Waals surface area contributed by atoms with Crippen LogP contribution in [-0.4, -0.2) is 50.9 Å². The van der Waals surface area contributed by atoms with Gasteiger partial charge in [0.15, 0.2) is 0 Å². The molecule has 162 valence electrons. The fourth-order valence-electron chi connectivity index (χ4n) is 4.10. The molecule has 2 aromatic carbocycles. The summed E-state index contributed by atoms with van der Waals surface area (Å²) in [5, 5.41) is 9.70. The van der Waals surface area contributed by atoms with Crippen molar-refractivity contribution in [2.45, 2.75) is 25.8 Å². The summed E-state index contributed by atoms with van der Waals surface area (Å²) in [6, 6.07) is 13.6. The van der Waals surface area contributed by atoms with Crippen LogP contribution in [0.1, 0.15) is 55.9 Å². The number of hydrogen-bond acceptors (Lipinski definition) is 6. The van der Waals surface area contributed by atoms with Gasteiger partial charge >= 0.3 is 0 Å². The Hall–Kier alpha value is -4.01. The fraction of sp³-hybridized carbons (Fsp3) is 0.261. The zero-order valence-electron chi connectivity index (χ0n) is 17.4. The number of benzene rings is 2. The molecule has 2 aliphatic heterocycles. The minimum Gasteiger partial charge on any atom is -0.340 e. The molecule has 1 aromatic heterocycles. The van der Waals surface area contributed by atoms with E-state index in [-0.39, 0.29) is 30.2 Å². The van der Waals surface area contributed by atoms with Crippen molar-refractivity contribution in [1.29, 1.82) is 0 Å². The lowest BCUT2D eigenvalue weighted by atomic mass is 10.1. The monoisotopic (exact) mass is 430 g/mol. The van der Waals surface area contributed by atoms with Crippen LogP contribution in [0.4, 0.5) is 11.9 Å². The van der Waals surface area contributed by atoms with Gasteiger partial charge in [-0.15, -0.1) is 5.10 Å². The standard InChI is InChI=1S/C23H22N6O3/c30-19(24-22-25-23(27-26-22)28-11-4-1-5-12-28)16-8-6-7-15(13-16)14-29-20(31)17-9-2-3-10-18(17)21(29)32/h2-3,6-10,13H,1,4-5,11-12,14H2,(H2,24,25,26,27,30). The molecule has 32 heavy (non-hydrogen) atoms. The topological polar surface area (TPSA) is 111 Å². The number of imide groups is 1. The molecule has 0 radical (unpaired) electrons.